The summed E-state index contributed by atoms with van der Waals surface area (Å²) in [5, 5.41) is 8.90. The van der Waals surface area contributed by atoms with E-state index < -0.39 is 0 Å². The number of carbonyl (C=O) groups excluding carboxylic acids is 2. The number of rotatable bonds is 8. The number of benzene rings is 1. The van der Waals surface area contributed by atoms with Gasteiger partial charge in [0.1, 0.15) is 0 Å². The Bertz CT molecular complexity index is 623. The van der Waals surface area contributed by atoms with E-state index in [9.17, 15) is 9.59 Å². The summed E-state index contributed by atoms with van der Waals surface area (Å²) in [5.41, 5.74) is 3.01. The second-order valence-corrected chi connectivity index (χ2v) is 6.79. The monoisotopic (exact) mass is 343 g/mol. The molecule has 0 unspecified atom stereocenters. The summed E-state index contributed by atoms with van der Waals surface area (Å²) in [5.74, 6) is -0.110. The summed E-state index contributed by atoms with van der Waals surface area (Å²) in [6, 6.07) is 7.40. The molecule has 2 rings (SSSR count). The molecule has 0 heterocycles. The van der Waals surface area contributed by atoms with Crippen LogP contribution in [0, 0.1) is 5.92 Å². The molecular weight excluding hydrogens is 314 g/mol. The first kappa shape index (κ1) is 19.0. The fourth-order valence-electron chi connectivity index (χ4n) is 2.73. The fourth-order valence-corrected chi connectivity index (χ4v) is 2.73. The standard InChI is InChI=1S/C20H29N3O2/c1-15(2)20(25)23-18-10-6-9-17(13-18)22-14-19(24)21-12-11-16-7-4-3-5-8-16/h6-7,9-10,13,15,22H,3-5,8,11-12,14H2,1-2H3,(H,21,24)(H,23,25). The van der Waals surface area contributed by atoms with E-state index in [2.05, 4.69) is 22.0 Å². The lowest BCUT2D eigenvalue weighted by Gasteiger charge is -2.13. The lowest BCUT2D eigenvalue weighted by atomic mass is 9.97. The van der Waals surface area contributed by atoms with E-state index in [0.29, 0.717) is 6.54 Å². The summed E-state index contributed by atoms with van der Waals surface area (Å²) in [6.07, 6.45) is 8.16. The molecule has 5 nitrogen and oxygen atoms in total. The molecule has 0 fully saturated rings. The molecule has 1 aromatic carbocycles. The molecule has 0 radical (unpaired) electrons. The van der Waals surface area contributed by atoms with E-state index in [-0.39, 0.29) is 24.3 Å². The molecule has 1 aromatic rings. The molecule has 2 amide bonds. The van der Waals surface area contributed by atoms with Crippen LogP contribution in [0.3, 0.4) is 0 Å². The van der Waals surface area contributed by atoms with Gasteiger partial charge >= 0.3 is 0 Å². The minimum Gasteiger partial charge on any atom is -0.376 e. The Labute approximate surface area is 150 Å². The molecule has 136 valence electrons. The van der Waals surface area contributed by atoms with Gasteiger partial charge in [-0.25, -0.2) is 0 Å². The fraction of sp³-hybridized carbons (Fsp3) is 0.500. The van der Waals surface area contributed by atoms with Gasteiger partial charge in [-0.1, -0.05) is 31.6 Å². The minimum atomic E-state index is -0.0679. The van der Waals surface area contributed by atoms with Crippen LogP contribution in [0.5, 0.6) is 0 Å². The highest BCUT2D eigenvalue weighted by Gasteiger charge is 2.08. The zero-order valence-electron chi connectivity index (χ0n) is 15.2. The maximum atomic E-state index is 11.9. The molecule has 0 aliphatic heterocycles. The Kier molecular flexibility index (Phi) is 7.51. The first-order valence-electron chi connectivity index (χ1n) is 9.14. The highest BCUT2D eigenvalue weighted by molar-refractivity contribution is 5.92. The number of allylic oxidation sites excluding steroid dienone is 1. The van der Waals surface area contributed by atoms with Gasteiger partial charge in [0.15, 0.2) is 0 Å². The second-order valence-electron chi connectivity index (χ2n) is 6.79. The maximum Gasteiger partial charge on any atom is 0.239 e. The van der Waals surface area contributed by atoms with Gasteiger partial charge in [0, 0.05) is 23.8 Å². The quantitative estimate of drug-likeness (QED) is 0.630. The van der Waals surface area contributed by atoms with E-state index in [1.165, 1.54) is 31.3 Å². The Morgan fingerprint density at radius 2 is 1.96 bits per heavy atom. The zero-order chi connectivity index (χ0) is 18.1. The van der Waals surface area contributed by atoms with Crippen LogP contribution in [-0.4, -0.2) is 24.9 Å². The van der Waals surface area contributed by atoms with Crippen LogP contribution < -0.4 is 16.0 Å². The topological polar surface area (TPSA) is 70.2 Å². The molecular formula is C20H29N3O2. The first-order chi connectivity index (χ1) is 12.0. The van der Waals surface area contributed by atoms with E-state index in [0.717, 1.165) is 17.8 Å². The van der Waals surface area contributed by atoms with E-state index in [1.807, 2.05) is 38.1 Å². The smallest absolute Gasteiger partial charge is 0.239 e. The number of nitrogens with one attached hydrogen (secondary N) is 3. The SMILES string of the molecule is CC(C)C(=O)Nc1cccc(NCC(=O)NCCC2=CCCCC2)c1. The molecule has 1 aliphatic carbocycles. The molecule has 0 saturated carbocycles. The average Bonchev–Trinajstić information content (AvgIpc) is 2.61. The first-order valence-corrected chi connectivity index (χ1v) is 9.14. The predicted molar refractivity (Wildman–Crippen MR) is 103 cm³/mol. The van der Waals surface area contributed by atoms with Crippen molar-refractivity contribution in [2.45, 2.75) is 46.0 Å². The normalized spacial score (nSPS) is 14.0. The molecule has 0 atom stereocenters. The van der Waals surface area contributed by atoms with Gasteiger partial charge in [0.05, 0.1) is 6.54 Å². The maximum absolute atomic E-state index is 11.9. The van der Waals surface area contributed by atoms with Crippen molar-refractivity contribution in [1.29, 1.82) is 0 Å². The van der Waals surface area contributed by atoms with Crippen LogP contribution in [-0.2, 0) is 9.59 Å². The predicted octanol–water partition coefficient (Wildman–Crippen LogP) is 3.70. The van der Waals surface area contributed by atoms with Crippen molar-refractivity contribution in [3.8, 4) is 0 Å². The number of carbonyl (C=O) groups is 2. The summed E-state index contributed by atoms with van der Waals surface area (Å²) in [6.45, 7) is 4.62. The van der Waals surface area contributed by atoms with Crippen molar-refractivity contribution in [3.05, 3.63) is 35.9 Å². The van der Waals surface area contributed by atoms with Gasteiger partial charge in [-0.15, -0.1) is 0 Å². The zero-order valence-corrected chi connectivity index (χ0v) is 15.2. The van der Waals surface area contributed by atoms with Crippen molar-refractivity contribution in [3.63, 3.8) is 0 Å². The third-order valence-electron chi connectivity index (χ3n) is 4.26. The number of amides is 2. The minimum absolute atomic E-state index is 0.0203. The Balaban J connectivity index is 1.72. The van der Waals surface area contributed by atoms with Crippen LogP contribution in [0.4, 0.5) is 11.4 Å². The van der Waals surface area contributed by atoms with Gasteiger partial charge < -0.3 is 16.0 Å². The average molecular weight is 343 g/mol. The highest BCUT2D eigenvalue weighted by atomic mass is 16.2. The lowest BCUT2D eigenvalue weighted by Crippen LogP contribution is -2.30. The number of hydrogen-bond acceptors (Lipinski definition) is 3. The van der Waals surface area contributed by atoms with Gasteiger partial charge in [-0.2, -0.15) is 0 Å². The van der Waals surface area contributed by atoms with Gasteiger partial charge in [0.2, 0.25) is 11.8 Å². The van der Waals surface area contributed by atoms with E-state index >= 15 is 0 Å². The summed E-state index contributed by atoms with van der Waals surface area (Å²) >= 11 is 0. The van der Waals surface area contributed by atoms with Crippen molar-refractivity contribution in [1.82, 2.24) is 5.32 Å². The van der Waals surface area contributed by atoms with Crippen molar-refractivity contribution < 1.29 is 9.59 Å². The van der Waals surface area contributed by atoms with Gasteiger partial charge in [-0.05, 0) is 50.3 Å². The summed E-state index contributed by atoms with van der Waals surface area (Å²) < 4.78 is 0. The summed E-state index contributed by atoms with van der Waals surface area (Å²) in [4.78, 5) is 23.7. The van der Waals surface area contributed by atoms with Crippen LogP contribution in [0.15, 0.2) is 35.9 Å². The van der Waals surface area contributed by atoms with Gasteiger partial charge in [-0.3, -0.25) is 9.59 Å². The van der Waals surface area contributed by atoms with Crippen molar-refractivity contribution in [2.75, 3.05) is 23.7 Å². The molecule has 5 heteroatoms. The van der Waals surface area contributed by atoms with E-state index in [1.54, 1.807) is 0 Å². The van der Waals surface area contributed by atoms with Crippen LogP contribution in [0.2, 0.25) is 0 Å². The third-order valence-corrected chi connectivity index (χ3v) is 4.26. The number of anilines is 2. The Morgan fingerprint density at radius 1 is 1.16 bits per heavy atom. The second kappa shape index (κ2) is 9.87. The van der Waals surface area contributed by atoms with Crippen LogP contribution in [0.1, 0.15) is 46.0 Å². The van der Waals surface area contributed by atoms with E-state index in [4.69, 9.17) is 0 Å². The highest BCUT2D eigenvalue weighted by Crippen LogP contribution is 2.19. The lowest BCUT2D eigenvalue weighted by molar-refractivity contribution is -0.120. The molecule has 1 aliphatic rings. The molecule has 25 heavy (non-hydrogen) atoms. The Hall–Kier alpha value is -2.30. The molecule has 0 spiro atoms. The van der Waals surface area contributed by atoms with Crippen LogP contribution in [0.25, 0.3) is 0 Å². The molecule has 0 bridgehead atoms. The largest absolute Gasteiger partial charge is 0.376 e. The third kappa shape index (κ3) is 6.99. The van der Waals surface area contributed by atoms with Gasteiger partial charge in [0.25, 0.3) is 0 Å². The van der Waals surface area contributed by atoms with Crippen molar-refractivity contribution >= 4 is 23.2 Å². The molecule has 0 aromatic heterocycles. The van der Waals surface area contributed by atoms with Crippen molar-refractivity contribution in [2.24, 2.45) is 5.92 Å². The number of hydrogen-bond donors (Lipinski definition) is 3. The Morgan fingerprint density at radius 3 is 2.68 bits per heavy atom. The molecule has 0 saturated heterocycles. The van der Waals surface area contributed by atoms with Crippen LogP contribution >= 0.6 is 0 Å². The summed E-state index contributed by atoms with van der Waals surface area (Å²) in [7, 11) is 0. The molecule has 3 N–H and O–H groups in total.